The normalized spacial score (nSPS) is 15.2. The van der Waals surface area contributed by atoms with Crippen molar-refractivity contribution in [2.75, 3.05) is 18.6 Å². The van der Waals surface area contributed by atoms with Crippen molar-refractivity contribution in [3.8, 4) is 11.5 Å². The van der Waals surface area contributed by atoms with Gasteiger partial charge in [0.1, 0.15) is 12.2 Å². The summed E-state index contributed by atoms with van der Waals surface area (Å²) in [5, 5.41) is 13.5. The van der Waals surface area contributed by atoms with Crippen LogP contribution in [0.2, 0.25) is 5.02 Å². The van der Waals surface area contributed by atoms with Gasteiger partial charge in [0.25, 0.3) is 11.8 Å². The van der Waals surface area contributed by atoms with E-state index in [0.717, 1.165) is 0 Å². The molecule has 0 radical (unpaired) electrons. The highest BCUT2D eigenvalue weighted by atomic mass is 35.5. The SMILES string of the molecule is COc1cc(/C=C2/C(=O)NC(=S)N(c3ccc(Cl)cc3)C2=O)ccc1OCC(=O)[O-]. The second-order valence-corrected chi connectivity index (χ2v) is 6.83. The summed E-state index contributed by atoms with van der Waals surface area (Å²) in [5.41, 5.74) is 0.753. The third kappa shape index (κ3) is 4.58. The van der Waals surface area contributed by atoms with Crippen LogP contribution in [-0.2, 0) is 14.4 Å². The first-order chi connectivity index (χ1) is 14.3. The van der Waals surface area contributed by atoms with Gasteiger partial charge in [0.15, 0.2) is 16.6 Å². The molecule has 3 rings (SSSR count). The predicted octanol–water partition coefficient (Wildman–Crippen LogP) is 1.31. The van der Waals surface area contributed by atoms with Gasteiger partial charge in [-0.2, -0.15) is 0 Å². The van der Waals surface area contributed by atoms with Gasteiger partial charge in [-0.15, -0.1) is 0 Å². The van der Waals surface area contributed by atoms with Crippen LogP contribution in [0.4, 0.5) is 5.69 Å². The van der Waals surface area contributed by atoms with Gasteiger partial charge in [-0.1, -0.05) is 17.7 Å². The molecule has 1 heterocycles. The third-order valence-electron chi connectivity index (χ3n) is 4.03. The van der Waals surface area contributed by atoms with Crippen molar-refractivity contribution in [1.82, 2.24) is 5.32 Å². The van der Waals surface area contributed by atoms with Crippen molar-refractivity contribution < 1.29 is 29.0 Å². The first-order valence-corrected chi connectivity index (χ1v) is 9.26. The van der Waals surface area contributed by atoms with Gasteiger partial charge < -0.3 is 19.4 Å². The molecule has 0 bridgehead atoms. The molecule has 0 atom stereocenters. The lowest BCUT2D eigenvalue weighted by Crippen LogP contribution is -2.54. The molecule has 0 spiro atoms. The van der Waals surface area contributed by atoms with E-state index in [-0.39, 0.29) is 22.2 Å². The highest BCUT2D eigenvalue weighted by Crippen LogP contribution is 2.30. The minimum Gasteiger partial charge on any atom is -0.546 e. The Morgan fingerprint density at radius 3 is 2.53 bits per heavy atom. The van der Waals surface area contributed by atoms with E-state index in [2.05, 4.69) is 5.32 Å². The average molecular weight is 446 g/mol. The molecule has 8 nitrogen and oxygen atoms in total. The number of carbonyl (C=O) groups excluding carboxylic acids is 3. The van der Waals surface area contributed by atoms with Gasteiger partial charge in [0.2, 0.25) is 0 Å². The number of halogens is 1. The van der Waals surface area contributed by atoms with E-state index in [4.69, 9.17) is 33.3 Å². The van der Waals surface area contributed by atoms with Crippen LogP contribution in [0.5, 0.6) is 11.5 Å². The molecule has 0 aliphatic carbocycles. The zero-order valence-electron chi connectivity index (χ0n) is 15.5. The minimum absolute atomic E-state index is 0.0481. The van der Waals surface area contributed by atoms with Crippen molar-refractivity contribution in [3.63, 3.8) is 0 Å². The van der Waals surface area contributed by atoms with E-state index in [1.165, 1.54) is 30.2 Å². The van der Waals surface area contributed by atoms with E-state index in [1.807, 2.05) is 0 Å². The molecular formula is C20H14ClN2O6S-. The van der Waals surface area contributed by atoms with Crippen LogP contribution in [0.25, 0.3) is 6.08 Å². The monoisotopic (exact) mass is 445 g/mol. The van der Waals surface area contributed by atoms with Gasteiger partial charge in [0.05, 0.1) is 18.8 Å². The van der Waals surface area contributed by atoms with Gasteiger partial charge in [-0.25, -0.2) is 0 Å². The summed E-state index contributed by atoms with van der Waals surface area (Å²) in [5.74, 6) is -2.24. The van der Waals surface area contributed by atoms with E-state index in [1.54, 1.807) is 30.3 Å². The van der Waals surface area contributed by atoms with E-state index in [9.17, 15) is 19.5 Å². The largest absolute Gasteiger partial charge is 0.546 e. The summed E-state index contributed by atoms with van der Waals surface area (Å²) < 4.78 is 10.3. The van der Waals surface area contributed by atoms with E-state index < -0.39 is 24.4 Å². The molecule has 0 unspecified atom stereocenters. The molecule has 0 saturated carbocycles. The van der Waals surface area contributed by atoms with Crippen LogP contribution >= 0.6 is 23.8 Å². The number of anilines is 1. The van der Waals surface area contributed by atoms with Gasteiger partial charge in [0, 0.05) is 5.02 Å². The maximum atomic E-state index is 13.0. The average Bonchev–Trinajstić information content (AvgIpc) is 2.71. The fourth-order valence-electron chi connectivity index (χ4n) is 2.68. The van der Waals surface area contributed by atoms with Crippen LogP contribution in [0.3, 0.4) is 0 Å². The first-order valence-electron chi connectivity index (χ1n) is 8.48. The number of amides is 2. The number of nitrogens with one attached hydrogen (secondary N) is 1. The molecule has 2 aromatic rings. The molecule has 1 aliphatic rings. The summed E-state index contributed by atoms with van der Waals surface area (Å²) in [6, 6.07) is 10.9. The molecule has 1 aliphatic heterocycles. The number of hydrogen-bond donors (Lipinski definition) is 1. The second-order valence-electron chi connectivity index (χ2n) is 6.01. The van der Waals surface area contributed by atoms with E-state index >= 15 is 0 Å². The zero-order chi connectivity index (χ0) is 21.8. The highest BCUT2D eigenvalue weighted by molar-refractivity contribution is 7.80. The number of rotatable bonds is 6. The summed E-state index contributed by atoms with van der Waals surface area (Å²) in [6.07, 6.45) is 1.37. The van der Waals surface area contributed by atoms with Crippen LogP contribution in [-0.4, -0.2) is 36.6 Å². The topological polar surface area (TPSA) is 108 Å². The van der Waals surface area contributed by atoms with Crippen LogP contribution in [0.15, 0.2) is 48.0 Å². The maximum absolute atomic E-state index is 13.0. The molecule has 2 aromatic carbocycles. The number of aliphatic carboxylic acids is 1. The first kappa shape index (κ1) is 21.3. The van der Waals surface area contributed by atoms with Gasteiger partial charge in [-0.05, 0) is 60.3 Å². The Kier molecular flexibility index (Phi) is 6.34. The fourth-order valence-corrected chi connectivity index (χ4v) is 3.09. The smallest absolute Gasteiger partial charge is 0.270 e. The van der Waals surface area contributed by atoms with Crippen molar-refractivity contribution in [3.05, 3.63) is 58.6 Å². The number of ether oxygens (including phenoxy) is 2. The highest BCUT2D eigenvalue weighted by Gasteiger charge is 2.34. The number of thiocarbonyl (C=S) groups is 1. The quantitative estimate of drug-likeness (QED) is 0.405. The lowest BCUT2D eigenvalue weighted by molar-refractivity contribution is -0.307. The molecule has 10 heteroatoms. The minimum atomic E-state index is -1.38. The van der Waals surface area contributed by atoms with Crippen LogP contribution in [0, 0.1) is 0 Å². The number of benzene rings is 2. The third-order valence-corrected chi connectivity index (χ3v) is 4.57. The molecule has 30 heavy (non-hydrogen) atoms. The van der Waals surface area contributed by atoms with Crippen LogP contribution < -0.4 is 24.8 Å². The zero-order valence-corrected chi connectivity index (χ0v) is 17.1. The van der Waals surface area contributed by atoms with Gasteiger partial charge in [-0.3, -0.25) is 19.8 Å². The number of nitrogens with zero attached hydrogens (tertiary/aromatic N) is 1. The molecule has 154 valence electrons. The lowest BCUT2D eigenvalue weighted by atomic mass is 10.1. The van der Waals surface area contributed by atoms with E-state index in [0.29, 0.717) is 16.3 Å². The molecule has 1 N–H and O–H groups in total. The predicted molar refractivity (Wildman–Crippen MR) is 111 cm³/mol. The second kappa shape index (κ2) is 8.93. The Hall–Kier alpha value is -3.43. The molecule has 1 saturated heterocycles. The lowest BCUT2D eigenvalue weighted by Gasteiger charge is -2.29. The Morgan fingerprint density at radius 1 is 1.20 bits per heavy atom. The summed E-state index contributed by atoms with van der Waals surface area (Å²) >= 11 is 11.0. The van der Waals surface area contributed by atoms with Crippen LogP contribution in [0.1, 0.15) is 5.56 Å². The molecule has 0 aromatic heterocycles. The van der Waals surface area contributed by atoms with Gasteiger partial charge >= 0.3 is 0 Å². The Morgan fingerprint density at radius 2 is 1.90 bits per heavy atom. The standard InChI is InChI=1S/C20H15ClN2O6S/c1-28-16-9-11(2-7-15(16)29-10-17(24)25)8-14-18(26)22-20(30)23(19(14)27)13-5-3-12(21)4-6-13/h2-9H,10H2,1H3,(H,24,25)(H,22,26,30)/p-1/b14-8-. The van der Waals surface area contributed by atoms with Crippen molar-refractivity contribution in [2.24, 2.45) is 0 Å². The van der Waals surface area contributed by atoms with Crippen molar-refractivity contribution >= 4 is 58.5 Å². The molecular weight excluding hydrogens is 432 g/mol. The summed E-state index contributed by atoms with van der Waals surface area (Å²) in [6.45, 7) is -0.648. The molecule has 1 fully saturated rings. The van der Waals surface area contributed by atoms with Crippen molar-refractivity contribution in [1.29, 1.82) is 0 Å². The number of hydrogen-bond acceptors (Lipinski definition) is 7. The Bertz CT molecular complexity index is 1070. The molecule has 2 amide bonds. The number of carboxylic acids is 1. The summed E-state index contributed by atoms with van der Waals surface area (Å²) in [7, 11) is 1.37. The fraction of sp³-hybridized carbons (Fsp3) is 0.100. The number of carbonyl (C=O) groups is 3. The summed E-state index contributed by atoms with van der Waals surface area (Å²) in [4.78, 5) is 37.1. The maximum Gasteiger partial charge on any atom is 0.270 e. The Labute approximate surface area is 181 Å². The number of carboxylic acid groups (broad SMARTS) is 1. The Balaban J connectivity index is 1.94. The van der Waals surface area contributed by atoms with Crippen molar-refractivity contribution in [2.45, 2.75) is 0 Å². The number of methoxy groups -OCH3 is 1.